The average molecular weight is 386 g/mol. The zero-order valence-corrected chi connectivity index (χ0v) is 13.7. The third-order valence-electron chi connectivity index (χ3n) is 2.52. The minimum atomic E-state index is 0.615. The molecular weight excluding hydrogens is 372 g/mol. The van der Waals surface area contributed by atoms with Crippen LogP contribution in [0.3, 0.4) is 0 Å². The Morgan fingerprint density at radius 2 is 1.74 bits per heavy atom. The predicted molar refractivity (Wildman–Crippen MR) is 84.5 cm³/mol. The summed E-state index contributed by atoms with van der Waals surface area (Å²) in [6.45, 7) is 2.57. The minimum Gasteiger partial charge on any atom is -0.490 e. The lowest BCUT2D eigenvalue weighted by Crippen LogP contribution is -1.95. The summed E-state index contributed by atoms with van der Waals surface area (Å²) < 4.78 is 12.4. The molecule has 0 saturated carbocycles. The molecule has 2 nitrogen and oxygen atoms in total. The molecule has 0 N–H and O–H groups in total. The number of rotatable bonds is 5. The van der Waals surface area contributed by atoms with Crippen molar-refractivity contribution in [3.8, 4) is 17.2 Å². The third-order valence-corrected chi connectivity index (χ3v) is 3.79. The van der Waals surface area contributed by atoms with Gasteiger partial charge in [-0.05, 0) is 52.7 Å². The minimum absolute atomic E-state index is 0.615. The summed E-state index contributed by atoms with van der Waals surface area (Å²) in [5.74, 6) is 2.25. The van der Waals surface area contributed by atoms with E-state index >= 15 is 0 Å². The summed E-state index contributed by atoms with van der Waals surface area (Å²) in [4.78, 5) is 0. The summed E-state index contributed by atoms with van der Waals surface area (Å²) in [5, 5.41) is 0.821. The number of hydrogen-bond acceptors (Lipinski definition) is 2. The predicted octanol–water partition coefficient (Wildman–Crippen LogP) is 5.54. The van der Waals surface area contributed by atoms with E-state index in [9.17, 15) is 0 Å². The molecule has 0 radical (unpaired) electrons. The van der Waals surface area contributed by atoms with Crippen molar-refractivity contribution in [2.24, 2.45) is 0 Å². The van der Waals surface area contributed by atoms with Crippen molar-refractivity contribution < 1.29 is 9.47 Å². The second-order valence-corrected chi connectivity index (χ2v) is 5.30. The fraction of sp³-hybridized carbons (Fsp3) is 0.200. The fourth-order valence-electron chi connectivity index (χ4n) is 1.64. The molecule has 0 saturated heterocycles. The molecule has 4 heteroatoms. The highest BCUT2D eigenvalue weighted by Crippen LogP contribution is 2.35. The Bertz CT molecular complexity index is 556. The lowest BCUT2D eigenvalue weighted by Gasteiger charge is -2.12. The average Bonchev–Trinajstić information content (AvgIpc) is 2.43. The van der Waals surface area contributed by atoms with Gasteiger partial charge in [0.25, 0.3) is 0 Å². The molecule has 0 spiro atoms. The number of hydrogen-bond donors (Lipinski definition) is 0. The standard InChI is InChI=1S/C15H14Br2O2/c1-2-18-14-5-3-4-6-15(14)19-13-8-7-11(10-16)9-12(13)17/h3-9H,2,10H2,1H3. The zero-order valence-electron chi connectivity index (χ0n) is 10.5. The second kappa shape index (κ2) is 6.96. The van der Waals surface area contributed by atoms with Gasteiger partial charge in [0.2, 0.25) is 0 Å². The smallest absolute Gasteiger partial charge is 0.169 e. The highest BCUT2D eigenvalue weighted by Gasteiger charge is 2.08. The molecule has 0 aliphatic carbocycles. The van der Waals surface area contributed by atoms with Crippen LogP contribution in [-0.4, -0.2) is 6.61 Å². The van der Waals surface area contributed by atoms with Crippen molar-refractivity contribution in [2.75, 3.05) is 6.61 Å². The largest absolute Gasteiger partial charge is 0.490 e. The Morgan fingerprint density at radius 3 is 2.37 bits per heavy atom. The Kier molecular flexibility index (Phi) is 5.28. The van der Waals surface area contributed by atoms with E-state index < -0.39 is 0 Å². The Morgan fingerprint density at radius 1 is 1.00 bits per heavy atom. The van der Waals surface area contributed by atoms with Crippen molar-refractivity contribution >= 4 is 31.9 Å². The molecular formula is C15H14Br2O2. The van der Waals surface area contributed by atoms with E-state index in [1.54, 1.807) is 0 Å². The molecule has 0 heterocycles. The number of ether oxygens (including phenoxy) is 2. The Labute approximate surface area is 130 Å². The maximum atomic E-state index is 5.91. The van der Waals surface area contributed by atoms with Crippen LogP contribution in [0.1, 0.15) is 12.5 Å². The van der Waals surface area contributed by atoms with Gasteiger partial charge in [-0.15, -0.1) is 0 Å². The van der Waals surface area contributed by atoms with Gasteiger partial charge in [0.15, 0.2) is 11.5 Å². The topological polar surface area (TPSA) is 18.5 Å². The maximum Gasteiger partial charge on any atom is 0.169 e. The second-order valence-electron chi connectivity index (χ2n) is 3.88. The van der Waals surface area contributed by atoms with Gasteiger partial charge in [-0.1, -0.05) is 34.1 Å². The molecule has 0 amide bonds. The van der Waals surface area contributed by atoms with Gasteiger partial charge in [0, 0.05) is 5.33 Å². The summed E-state index contributed by atoms with van der Waals surface area (Å²) >= 11 is 6.96. The van der Waals surface area contributed by atoms with Crippen LogP contribution in [0.2, 0.25) is 0 Å². The van der Waals surface area contributed by atoms with Crippen molar-refractivity contribution in [3.63, 3.8) is 0 Å². The molecule has 0 bridgehead atoms. The van der Waals surface area contributed by atoms with Gasteiger partial charge < -0.3 is 9.47 Å². The van der Waals surface area contributed by atoms with Crippen LogP contribution >= 0.6 is 31.9 Å². The first-order chi connectivity index (χ1) is 9.24. The molecule has 0 unspecified atom stereocenters. The molecule has 0 aromatic heterocycles. The van der Waals surface area contributed by atoms with Crippen LogP contribution in [0.4, 0.5) is 0 Å². The highest BCUT2D eigenvalue weighted by atomic mass is 79.9. The van der Waals surface area contributed by atoms with E-state index in [1.165, 1.54) is 5.56 Å². The number of halogens is 2. The monoisotopic (exact) mass is 384 g/mol. The van der Waals surface area contributed by atoms with E-state index in [0.29, 0.717) is 6.61 Å². The highest BCUT2D eigenvalue weighted by molar-refractivity contribution is 9.10. The molecule has 100 valence electrons. The molecule has 0 fully saturated rings. The third kappa shape index (κ3) is 3.74. The molecule has 0 atom stereocenters. The van der Waals surface area contributed by atoms with Gasteiger partial charge in [-0.25, -0.2) is 0 Å². The maximum absolute atomic E-state index is 5.91. The first kappa shape index (κ1) is 14.4. The van der Waals surface area contributed by atoms with Gasteiger partial charge in [-0.3, -0.25) is 0 Å². The van der Waals surface area contributed by atoms with Crippen molar-refractivity contribution in [1.29, 1.82) is 0 Å². The number of benzene rings is 2. The molecule has 2 rings (SSSR count). The van der Waals surface area contributed by atoms with E-state index in [4.69, 9.17) is 9.47 Å². The molecule has 2 aromatic carbocycles. The summed E-state index contributed by atoms with van der Waals surface area (Å²) in [6.07, 6.45) is 0. The van der Waals surface area contributed by atoms with Crippen LogP contribution in [0.25, 0.3) is 0 Å². The quantitative estimate of drug-likeness (QED) is 0.629. The number of alkyl halides is 1. The van der Waals surface area contributed by atoms with E-state index in [1.807, 2.05) is 49.4 Å². The van der Waals surface area contributed by atoms with E-state index in [0.717, 1.165) is 27.1 Å². The molecule has 2 aromatic rings. The van der Waals surface area contributed by atoms with Crippen molar-refractivity contribution in [2.45, 2.75) is 12.3 Å². The first-order valence-electron chi connectivity index (χ1n) is 5.98. The van der Waals surface area contributed by atoms with Gasteiger partial charge in [0.1, 0.15) is 5.75 Å². The van der Waals surface area contributed by atoms with Gasteiger partial charge in [0.05, 0.1) is 11.1 Å². The first-order valence-corrected chi connectivity index (χ1v) is 7.90. The van der Waals surface area contributed by atoms with E-state index in [2.05, 4.69) is 31.9 Å². The molecule has 0 aliphatic rings. The lowest BCUT2D eigenvalue weighted by molar-refractivity contribution is 0.321. The molecule has 0 aliphatic heterocycles. The van der Waals surface area contributed by atoms with Crippen LogP contribution in [-0.2, 0) is 5.33 Å². The Balaban J connectivity index is 2.26. The molecule has 19 heavy (non-hydrogen) atoms. The number of para-hydroxylation sites is 2. The van der Waals surface area contributed by atoms with Crippen LogP contribution in [0.15, 0.2) is 46.9 Å². The fourth-order valence-corrected chi connectivity index (χ4v) is 2.49. The van der Waals surface area contributed by atoms with Crippen LogP contribution in [0, 0.1) is 0 Å². The summed E-state index contributed by atoms with van der Waals surface area (Å²) in [7, 11) is 0. The lowest BCUT2D eigenvalue weighted by atomic mass is 10.2. The zero-order chi connectivity index (χ0) is 13.7. The van der Waals surface area contributed by atoms with Gasteiger partial charge in [-0.2, -0.15) is 0 Å². The van der Waals surface area contributed by atoms with Crippen molar-refractivity contribution in [1.82, 2.24) is 0 Å². The summed E-state index contributed by atoms with van der Waals surface area (Å²) in [5.41, 5.74) is 1.19. The Hall–Kier alpha value is -1.000. The SMILES string of the molecule is CCOc1ccccc1Oc1ccc(CBr)cc1Br. The van der Waals surface area contributed by atoms with Crippen LogP contribution < -0.4 is 9.47 Å². The van der Waals surface area contributed by atoms with Crippen molar-refractivity contribution in [3.05, 3.63) is 52.5 Å². The van der Waals surface area contributed by atoms with E-state index in [-0.39, 0.29) is 0 Å². The summed E-state index contributed by atoms with van der Waals surface area (Å²) in [6, 6.07) is 13.7. The normalized spacial score (nSPS) is 10.3. The van der Waals surface area contributed by atoms with Gasteiger partial charge >= 0.3 is 0 Å². The van der Waals surface area contributed by atoms with Crippen LogP contribution in [0.5, 0.6) is 17.2 Å².